The van der Waals surface area contributed by atoms with Gasteiger partial charge in [0.15, 0.2) is 0 Å². The normalized spacial score (nSPS) is 24.7. The van der Waals surface area contributed by atoms with Crippen LogP contribution in [0.25, 0.3) is 0 Å². The van der Waals surface area contributed by atoms with E-state index in [9.17, 15) is 4.79 Å². The van der Waals surface area contributed by atoms with E-state index >= 15 is 0 Å². The maximum atomic E-state index is 10.8. The van der Waals surface area contributed by atoms with Crippen LogP contribution in [0.5, 0.6) is 0 Å². The number of hydrogen-bond acceptors (Lipinski definition) is 3. The molecule has 5 nitrogen and oxygen atoms in total. The Morgan fingerprint density at radius 1 is 1.47 bits per heavy atom. The Labute approximate surface area is 101 Å². The molecule has 0 unspecified atom stereocenters. The molecule has 1 fully saturated rings. The van der Waals surface area contributed by atoms with Crippen LogP contribution in [0.3, 0.4) is 0 Å². The standard InChI is InChI=1S/C12H19N3O2/c16-12(17)9-1-3-10(4-2-9)14-6-5-11-7-13-8-15-11/h7-10,14H,1-6H2,(H,13,15)(H,16,17). The lowest BCUT2D eigenvalue weighted by atomic mass is 9.86. The van der Waals surface area contributed by atoms with E-state index in [4.69, 9.17) is 5.11 Å². The topological polar surface area (TPSA) is 78.0 Å². The highest BCUT2D eigenvalue weighted by atomic mass is 16.4. The summed E-state index contributed by atoms with van der Waals surface area (Å²) in [6.45, 7) is 0.921. The summed E-state index contributed by atoms with van der Waals surface area (Å²) in [6, 6.07) is 0.480. The van der Waals surface area contributed by atoms with E-state index in [0.717, 1.165) is 44.3 Å². The number of aliphatic carboxylic acids is 1. The number of H-pyrrole nitrogens is 1. The van der Waals surface area contributed by atoms with Crippen molar-refractivity contribution in [2.75, 3.05) is 6.54 Å². The van der Waals surface area contributed by atoms with Crippen molar-refractivity contribution in [3.63, 3.8) is 0 Å². The van der Waals surface area contributed by atoms with Crippen LogP contribution in [0, 0.1) is 5.92 Å². The van der Waals surface area contributed by atoms with Crippen LogP contribution in [0.15, 0.2) is 12.5 Å². The van der Waals surface area contributed by atoms with Crippen molar-refractivity contribution in [2.24, 2.45) is 5.92 Å². The highest BCUT2D eigenvalue weighted by Gasteiger charge is 2.25. The second-order valence-corrected chi connectivity index (χ2v) is 4.67. The van der Waals surface area contributed by atoms with Gasteiger partial charge in [0.1, 0.15) is 0 Å². The Bertz CT molecular complexity index is 343. The fraction of sp³-hybridized carbons (Fsp3) is 0.667. The van der Waals surface area contributed by atoms with Gasteiger partial charge in [0.25, 0.3) is 0 Å². The van der Waals surface area contributed by atoms with Gasteiger partial charge in [-0.15, -0.1) is 0 Å². The first-order valence-corrected chi connectivity index (χ1v) is 6.19. The van der Waals surface area contributed by atoms with E-state index in [-0.39, 0.29) is 5.92 Å². The lowest BCUT2D eigenvalue weighted by Crippen LogP contribution is -2.36. The van der Waals surface area contributed by atoms with Gasteiger partial charge in [-0.25, -0.2) is 4.98 Å². The average molecular weight is 237 g/mol. The van der Waals surface area contributed by atoms with Gasteiger partial charge < -0.3 is 15.4 Å². The second-order valence-electron chi connectivity index (χ2n) is 4.67. The largest absolute Gasteiger partial charge is 0.481 e. The third-order valence-corrected chi connectivity index (χ3v) is 3.46. The van der Waals surface area contributed by atoms with Crippen molar-refractivity contribution in [1.82, 2.24) is 15.3 Å². The van der Waals surface area contributed by atoms with E-state index in [0.29, 0.717) is 6.04 Å². The predicted molar refractivity (Wildman–Crippen MR) is 63.7 cm³/mol. The number of hydrogen-bond donors (Lipinski definition) is 3. The van der Waals surface area contributed by atoms with Gasteiger partial charge in [-0.1, -0.05) is 0 Å². The van der Waals surface area contributed by atoms with E-state index in [1.807, 2.05) is 6.20 Å². The lowest BCUT2D eigenvalue weighted by Gasteiger charge is -2.26. The highest BCUT2D eigenvalue weighted by Crippen LogP contribution is 2.24. The molecule has 0 bridgehead atoms. The van der Waals surface area contributed by atoms with Gasteiger partial charge in [0, 0.05) is 30.9 Å². The maximum Gasteiger partial charge on any atom is 0.306 e. The van der Waals surface area contributed by atoms with Crippen LogP contribution in [-0.2, 0) is 11.2 Å². The zero-order valence-electron chi connectivity index (χ0n) is 9.85. The van der Waals surface area contributed by atoms with Crippen LogP contribution in [0.4, 0.5) is 0 Å². The van der Waals surface area contributed by atoms with Crippen molar-refractivity contribution >= 4 is 5.97 Å². The predicted octanol–water partition coefficient (Wildman–Crippen LogP) is 1.19. The van der Waals surface area contributed by atoms with Gasteiger partial charge in [-0.05, 0) is 25.7 Å². The van der Waals surface area contributed by atoms with Gasteiger partial charge >= 0.3 is 5.97 Å². The number of nitrogens with one attached hydrogen (secondary N) is 2. The average Bonchev–Trinajstić information content (AvgIpc) is 2.83. The van der Waals surface area contributed by atoms with Crippen molar-refractivity contribution in [2.45, 2.75) is 38.1 Å². The highest BCUT2D eigenvalue weighted by molar-refractivity contribution is 5.70. The number of carbonyl (C=O) groups is 1. The Hall–Kier alpha value is -1.36. The van der Waals surface area contributed by atoms with Gasteiger partial charge in [-0.3, -0.25) is 4.79 Å². The Morgan fingerprint density at radius 3 is 2.82 bits per heavy atom. The number of carboxylic acids is 1. The van der Waals surface area contributed by atoms with Crippen LogP contribution in [0.1, 0.15) is 31.4 Å². The molecule has 1 saturated carbocycles. The fourth-order valence-electron chi connectivity index (χ4n) is 2.38. The van der Waals surface area contributed by atoms with E-state index < -0.39 is 5.97 Å². The number of carboxylic acid groups (broad SMARTS) is 1. The minimum Gasteiger partial charge on any atom is -0.481 e. The summed E-state index contributed by atoms with van der Waals surface area (Å²) in [5.41, 5.74) is 1.14. The molecule has 0 aliphatic heterocycles. The summed E-state index contributed by atoms with van der Waals surface area (Å²) in [4.78, 5) is 17.8. The quantitative estimate of drug-likeness (QED) is 0.718. The maximum absolute atomic E-state index is 10.8. The third kappa shape index (κ3) is 3.56. The van der Waals surface area contributed by atoms with Crippen LogP contribution in [-0.4, -0.2) is 33.6 Å². The molecule has 2 rings (SSSR count). The van der Waals surface area contributed by atoms with Crippen molar-refractivity contribution in [3.05, 3.63) is 18.2 Å². The van der Waals surface area contributed by atoms with E-state index in [2.05, 4.69) is 15.3 Å². The van der Waals surface area contributed by atoms with E-state index in [1.54, 1.807) is 6.33 Å². The summed E-state index contributed by atoms with van der Waals surface area (Å²) in [7, 11) is 0. The molecule has 1 aromatic rings. The number of rotatable bonds is 5. The Balaban J connectivity index is 1.63. The molecule has 3 N–H and O–H groups in total. The molecule has 1 aliphatic carbocycles. The second kappa shape index (κ2) is 5.82. The minimum atomic E-state index is -0.638. The molecule has 17 heavy (non-hydrogen) atoms. The molecular weight excluding hydrogens is 218 g/mol. The number of imidazole rings is 1. The molecule has 0 atom stereocenters. The zero-order chi connectivity index (χ0) is 12.1. The summed E-state index contributed by atoms with van der Waals surface area (Å²) >= 11 is 0. The molecule has 0 spiro atoms. The van der Waals surface area contributed by atoms with Crippen molar-refractivity contribution in [1.29, 1.82) is 0 Å². The molecule has 0 radical (unpaired) electrons. The SMILES string of the molecule is O=C(O)C1CCC(NCCc2cnc[nH]2)CC1. The van der Waals surface area contributed by atoms with E-state index in [1.165, 1.54) is 0 Å². The van der Waals surface area contributed by atoms with Crippen LogP contribution in [0.2, 0.25) is 0 Å². The van der Waals surface area contributed by atoms with Crippen molar-refractivity contribution in [3.8, 4) is 0 Å². The first-order valence-electron chi connectivity index (χ1n) is 6.19. The summed E-state index contributed by atoms with van der Waals surface area (Å²) in [6.07, 6.45) is 8.02. The number of nitrogens with zero attached hydrogens (tertiary/aromatic N) is 1. The van der Waals surface area contributed by atoms with Crippen LogP contribution < -0.4 is 5.32 Å². The van der Waals surface area contributed by atoms with Crippen molar-refractivity contribution < 1.29 is 9.90 Å². The molecule has 1 aromatic heterocycles. The minimum absolute atomic E-state index is 0.124. The zero-order valence-corrected chi connectivity index (χ0v) is 9.85. The fourth-order valence-corrected chi connectivity index (χ4v) is 2.38. The molecule has 1 aliphatic rings. The monoisotopic (exact) mass is 237 g/mol. The molecule has 5 heteroatoms. The Morgan fingerprint density at radius 2 is 2.24 bits per heavy atom. The third-order valence-electron chi connectivity index (χ3n) is 3.46. The number of aromatic amines is 1. The summed E-state index contributed by atoms with van der Waals surface area (Å²) < 4.78 is 0. The first-order chi connectivity index (χ1) is 8.25. The number of aromatic nitrogens is 2. The van der Waals surface area contributed by atoms with Gasteiger partial charge in [0.2, 0.25) is 0 Å². The molecule has 0 saturated heterocycles. The molecule has 0 amide bonds. The molecular formula is C12H19N3O2. The Kier molecular flexibility index (Phi) is 4.14. The summed E-state index contributed by atoms with van der Waals surface area (Å²) in [5.74, 6) is -0.762. The van der Waals surface area contributed by atoms with Gasteiger partial charge in [0.05, 0.1) is 12.2 Å². The molecule has 94 valence electrons. The summed E-state index contributed by atoms with van der Waals surface area (Å²) in [5, 5.41) is 12.4. The first kappa shape index (κ1) is 12.1. The molecule has 0 aromatic carbocycles. The smallest absolute Gasteiger partial charge is 0.306 e. The lowest BCUT2D eigenvalue weighted by molar-refractivity contribution is -0.142. The molecule has 1 heterocycles. The van der Waals surface area contributed by atoms with Crippen LogP contribution >= 0.6 is 0 Å². The van der Waals surface area contributed by atoms with Gasteiger partial charge in [-0.2, -0.15) is 0 Å².